The first-order valence-corrected chi connectivity index (χ1v) is 9.91. The molecule has 1 saturated heterocycles. The number of aliphatic hydroxyl groups excluding tert-OH is 1. The van der Waals surface area contributed by atoms with E-state index in [0.29, 0.717) is 0 Å². The summed E-state index contributed by atoms with van der Waals surface area (Å²) in [5.41, 5.74) is 1.86. The van der Waals surface area contributed by atoms with Crippen LogP contribution in [0.5, 0.6) is 0 Å². The summed E-state index contributed by atoms with van der Waals surface area (Å²) < 4.78 is 5.50. The molecule has 0 aliphatic carbocycles. The van der Waals surface area contributed by atoms with Crippen molar-refractivity contribution < 1.29 is 19.4 Å². The lowest BCUT2D eigenvalue weighted by Gasteiger charge is -2.46. The van der Waals surface area contributed by atoms with Gasteiger partial charge in [-0.3, -0.25) is 9.69 Å². The van der Waals surface area contributed by atoms with Gasteiger partial charge in [-0.25, -0.2) is 4.79 Å². The fraction of sp³-hybridized carbons (Fsp3) is 0.391. The van der Waals surface area contributed by atoms with Gasteiger partial charge in [-0.15, -0.1) is 0 Å². The Bertz CT molecular complexity index is 825. The average Bonchev–Trinajstić information content (AvgIpc) is 2.73. The lowest BCUT2D eigenvalue weighted by molar-refractivity contribution is -0.155. The summed E-state index contributed by atoms with van der Waals surface area (Å²) in [6.07, 6.45) is -1.38. The van der Waals surface area contributed by atoms with Crippen LogP contribution in [0.4, 0.5) is 4.79 Å². The Morgan fingerprint density at radius 2 is 1.69 bits per heavy atom. The highest BCUT2D eigenvalue weighted by atomic mass is 16.6. The lowest BCUT2D eigenvalue weighted by atomic mass is 9.90. The fourth-order valence-corrected chi connectivity index (χ4v) is 3.81. The number of hydrogen-bond acceptors (Lipinski definition) is 4. The Kier molecular flexibility index (Phi) is 6.54. The number of hydrogen-bond donors (Lipinski definition) is 1. The predicted octanol–water partition coefficient (Wildman–Crippen LogP) is 3.57. The number of aliphatic hydroxyl groups is 1. The number of carbonyl (C=O) groups is 2. The van der Waals surface area contributed by atoms with E-state index in [9.17, 15) is 14.7 Å². The minimum absolute atomic E-state index is 0.118. The van der Waals surface area contributed by atoms with Gasteiger partial charge in [0.25, 0.3) is 0 Å². The van der Waals surface area contributed by atoms with Crippen LogP contribution < -0.4 is 0 Å². The van der Waals surface area contributed by atoms with Crippen molar-refractivity contribution in [3.05, 3.63) is 71.8 Å². The summed E-state index contributed by atoms with van der Waals surface area (Å²) >= 11 is 0. The van der Waals surface area contributed by atoms with Gasteiger partial charge in [-0.1, -0.05) is 60.7 Å². The maximum Gasteiger partial charge on any atom is 0.411 e. The van der Waals surface area contributed by atoms with E-state index < -0.39 is 24.2 Å². The Morgan fingerprint density at radius 1 is 1.10 bits per heavy atom. The summed E-state index contributed by atoms with van der Waals surface area (Å²) in [4.78, 5) is 29.1. The standard InChI is InChI=1S/C23H28N2O4/c1-16(20-12-8-5-9-13-20)24-15-25(17(2)21(18(3)26)22(24)27)23(28)29-14-19-10-6-4-7-11-19/h4-13,16-18,21,26H,14-15H2,1-3H3/t16-,17-,18-,21+/m0/s1. The molecule has 1 N–H and O–H groups in total. The molecule has 0 spiro atoms. The van der Waals surface area contributed by atoms with Crippen molar-refractivity contribution in [1.82, 2.24) is 9.80 Å². The first-order valence-electron chi connectivity index (χ1n) is 9.91. The normalized spacial score (nSPS) is 21.6. The average molecular weight is 396 g/mol. The van der Waals surface area contributed by atoms with E-state index >= 15 is 0 Å². The largest absolute Gasteiger partial charge is 0.444 e. The highest BCUT2D eigenvalue weighted by Gasteiger charge is 2.45. The molecule has 1 heterocycles. The van der Waals surface area contributed by atoms with Crippen LogP contribution in [0, 0.1) is 5.92 Å². The van der Waals surface area contributed by atoms with Crippen molar-refractivity contribution in [3.63, 3.8) is 0 Å². The van der Waals surface area contributed by atoms with E-state index in [1.807, 2.05) is 67.6 Å². The van der Waals surface area contributed by atoms with Gasteiger partial charge in [0, 0.05) is 6.04 Å². The zero-order valence-electron chi connectivity index (χ0n) is 17.1. The maximum absolute atomic E-state index is 13.1. The topological polar surface area (TPSA) is 70.1 Å². The minimum Gasteiger partial charge on any atom is -0.444 e. The van der Waals surface area contributed by atoms with Gasteiger partial charge in [-0.05, 0) is 31.9 Å². The molecule has 154 valence electrons. The second kappa shape index (κ2) is 9.09. The molecule has 29 heavy (non-hydrogen) atoms. The zero-order valence-corrected chi connectivity index (χ0v) is 17.1. The molecular formula is C23H28N2O4. The van der Waals surface area contributed by atoms with E-state index in [2.05, 4.69) is 0 Å². The number of amides is 2. The number of carbonyl (C=O) groups excluding carboxylic acids is 2. The van der Waals surface area contributed by atoms with Crippen molar-refractivity contribution in [1.29, 1.82) is 0 Å². The summed E-state index contributed by atoms with van der Waals surface area (Å²) in [6.45, 7) is 5.57. The van der Waals surface area contributed by atoms with E-state index in [-0.39, 0.29) is 25.2 Å². The molecule has 0 unspecified atom stereocenters. The Morgan fingerprint density at radius 3 is 2.28 bits per heavy atom. The second-order valence-corrected chi connectivity index (χ2v) is 7.55. The van der Waals surface area contributed by atoms with Crippen molar-refractivity contribution in [3.8, 4) is 0 Å². The van der Waals surface area contributed by atoms with Crippen LogP contribution in [0.25, 0.3) is 0 Å². The van der Waals surface area contributed by atoms with Crippen molar-refractivity contribution in [2.24, 2.45) is 5.92 Å². The third-order valence-electron chi connectivity index (χ3n) is 5.59. The minimum atomic E-state index is -0.882. The SMILES string of the molecule is C[C@H](O)[C@@H]1C(=O)N([C@@H](C)c2ccccc2)CN(C(=O)OCc2ccccc2)[C@H]1C. The molecule has 6 nitrogen and oxygen atoms in total. The molecular weight excluding hydrogens is 368 g/mol. The molecule has 4 atom stereocenters. The summed E-state index contributed by atoms with van der Waals surface area (Å²) in [5, 5.41) is 10.3. The zero-order chi connectivity index (χ0) is 21.0. The molecule has 0 bridgehead atoms. The van der Waals surface area contributed by atoms with Gasteiger partial charge >= 0.3 is 6.09 Å². The van der Waals surface area contributed by atoms with Gasteiger partial charge in [-0.2, -0.15) is 0 Å². The summed E-state index contributed by atoms with van der Waals surface area (Å²) in [7, 11) is 0. The number of rotatable bonds is 5. The summed E-state index contributed by atoms with van der Waals surface area (Å²) in [5.74, 6) is -0.866. The predicted molar refractivity (Wildman–Crippen MR) is 110 cm³/mol. The maximum atomic E-state index is 13.1. The van der Waals surface area contributed by atoms with Crippen LogP contribution >= 0.6 is 0 Å². The van der Waals surface area contributed by atoms with Gasteiger partial charge in [0.1, 0.15) is 6.61 Å². The van der Waals surface area contributed by atoms with Gasteiger partial charge in [0.15, 0.2) is 0 Å². The van der Waals surface area contributed by atoms with Gasteiger partial charge in [0.2, 0.25) is 5.91 Å². The Labute approximate surface area is 171 Å². The molecule has 0 aromatic heterocycles. The first-order chi connectivity index (χ1) is 13.9. The quantitative estimate of drug-likeness (QED) is 0.839. The lowest BCUT2D eigenvalue weighted by Crippen LogP contribution is -2.62. The van der Waals surface area contributed by atoms with Crippen LogP contribution in [0.3, 0.4) is 0 Å². The molecule has 0 saturated carbocycles. The van der Waals surface area contributed by atoms with Crippen LogP contribution in [-0.2, 0) is 16.1 Å². The van der Waals surface area contributed by atoms with Gasteiger partial charge < -0.3 is 14.7 Å². The molecule has 2 aromatic carbocycles. The molecule has 1 aliphatic heterocycles. The molecule has 0 radical (unpaired) electrons. The van der Waals surface area contributed by atoms with Crippen LogP contribution in [0.1, 0.15) is 37.9 Å². The number of benzene rings is 2. The summed E-state index contributed by atoms with van der Waals surface area (Å²) in [6, 6.07) is 18.4. The molecule has 2 amide bonds. The number of ether oxygens (including phenoxy) is 1. The smallest absolute Gasteiger partial charge is 0.411 e. The molecule has 1 fully saturated rings. The van der Waals surface area contributed by atoms with E-state index in [4.69, 9.17) is 4.74 Å². The third kappa shape index (κ3) is 4.59. The third-order valence-corrected chi connectivity index (χ3v) is 5.59. The van der Waals surface area contributed by atoms with E-state index in [1.165, 1.54) is 4.90 Å². The number of nitrogens with zero attached hydrogens (tertiary/aromatic N) is 2. The monoisotopic (exact) mass is 396 g/mol. The van der Waals surface area contributed by atoms with Crippen molar-refractivity contribution >= 4 is 12.0 Å². The van der Waals surface area contributed by atoms with Crippen LogP contribution in [-0.4, -0.2) is 45.7 Å². The van der Waals surface area contributed by atoms with E-state index in [0.717, 1.165) is 11.1 Å². The van der Waals surface area contributed by atoms with Crippen molar-refractivity contribution in [2.45, 2.75) is 45.6 Å². The second-order valence-electron chi connectivity index (χ2n) is 7.55. The highest BCUT2D eigenvalue weighted by Crippen LogP contribution is 2.31. The highest BCUT2D eigenvalue weighted by molar-refractivity contribution is 5.83. The molecule has 2 aromatic rings. The van der Waals surface area contributed by atoms with Gasteiger partial charge in [0.05, 0.1) is 24.7 Å². The Hall–Kier alpha value is -2.86. The fourth-order valence-electron chi connectivity index (χ4n) is 3.81. The Balaban J connectivity index is 1.80. The molecule has 3 rings (SSSR count). The van der Waals surface area contributed by atoms with Crippen LogP contribution in [0.2, 0.25) is 0 Å². The molecule has 6 heteroatoms. The molecule has 1 aliphatic rings. The van der Waals surface area contributed by atoms with E-state index in [1.54, 1.807) is 18.7 Å². The van der Waals surface area contributed by atoms with Crippen molar-refractivity contribution in [2.75, 3.05) is 6.67 Å². The first kappa shape index (κ1) is 20.9. The van der Waals surface area contributed by atoms with Crippen LogP contribution in [0.15, 0.2) is 60.7 Å².